The molecule has 0 saturated heterocycles. The Kier molecular flexibility index (Phi) is 2.95. The van der Waals surface area contributed by atoms with Crippen LogP contribution < -0.4 is 10.2 Å². The minimum Gasteiger partial charge on any atom is -0.432 e. The van der Waals surface area contributed by atoms with Crippen LogP contribution in [0.25, 0.3) is 11.1 Å². The zero-order valence-electron chi connectivity index (χ0n) is 8.30. The molecular weight excluding hydrogens is 277 g/mol. The van der Waals surface area contributed by atoms with Crippen molar-refractivity contribution < 1.29 is 22.3 Å². The molecule has 0 aliphatic heterocycles. The number of alkyl halides is 3. The van der Waals surface area contributed by atoms with E-state index in [1.165, 1.54) is 6.07 Å². The van der Waals surface area contributed by atoms with Gasteiger partial charge >= 0.3 is 6.36 Å². The number of nitrogens with zero attached hydrogens (tertiary/aromatic N) is 1. The van der Waals surface area contributed by atoms with Crippen molar-refractivity contribution in [2.45, 2.75) is 11.6 Å². The van der Waals surface area contributed by atoms with Crippen molar-refractivity contribution in [2.75, 3.05) is 0 Å². The fraction of sp³-hybridized carbons (Fsp3) is 0.125. The molecular formula is C8H4BClF3NO2S. The van der Waals surface area contributed by atoms with E-state index in [1.807, 2.05) is 0 Å². The first-order valence-corrected chi connectivity index (χ1v) is 5.15. The highest BCUT2D eigenvalue weighted by Gasteiger charge is 2.34. The molecule has 1 heterocycles. The predicted octanol–water partition coefficient (Wildman–Crippen LogP) is 1.93. The van der Waals surface area contributed by atoms with Crippen LogP contribution in [0.15, 0.2) is 15.7 Å². The second kappa shape index (κ2) is 4.02. The van der Waals surface area contributed by atoms with Gasteiger partial charge in [-0.05, 0) is 11.5 Å². The first-order chi connectivity index (χ1) is 7.78. The molecule has 2 aromatic rings. The lowest BCUT2D eigenvalue weighted by atomic mass is 9.95. The lowest BCUT2D eigenvalue weighted by Gasteiger charge is -2.11. The molecule has 17 heavy (non-hydrogen) atoms. The Morgan fingerprint density at radius 1 is 1.47 bits per heavy atom. The summed E-state index contributed by atoms with van der Waals surface area (Å²) in [4.78, 5) is 3.71. The Bertz CT molecular complexity index is 586. The van der Waals surface area contributed by atoms with E-state index < -0.39 is 12.1 Å². The first kappa shape index (κ1) is 12.4. The van der Waals surface area contributed by atoms with Gasteiger partial charge in [-0.3, -0.25) is 0 Å². The smallest absolute Gasteiger partial charge is 0.432 e. The quantitative estimate of drug-likeness (QED) is 0.641. The summed E-state index contributed by atoms with van der Waals surface area (Å²) in [6, 6.07) is 1.31. The highest BCUT2D eigenvalue weighted by molar-refractivity contribution is 7.80. The molecule has 1 aromatic carbocycles. The molecule has 1 aromatic heterocycles. The van der Waals surface area contributed by atoms with Crippen molar-refractivity contribution in [3.05, 3.63) is 11.1 Å². The highest BCUT2D eigenvalue weighted by atomic mass is 35.5. The summed E-state index contributed by atoms with van der Waals surface area (Å²) in [7, 11) is 1.63. The SMILES string of the molecule is Bc1cc(Cl)c(OC(F)(F)F)c2nc(S)oc12. The van der Waals surface area contributed by atoms with Crippen LogP contribution in [0, 0.1) is 0 Å². The number of rotatable bonds is 1. The van der Waals surface area contributed by atoms with Crippen molar-refractivity contribution >= 4 is 48.6 Å². The molecule has 0 radical (unpaired) electrons. The third kappa shape index (κ3) is 2.47. The van der Waals surface area contributed by atoms with Gasteiger partial charge in [0.25, 0.3) is 5.22 Å². The van der Waals surface area contributed by atoms with Gasteiger partial charge < -0.3 is 9.15 Å². The predicted molar refractivity (Wildman–Crippen MR) is 61.1 cm³/mol. The molecule has 0 unspecified atom stereocenters. The Balaban J connectivity index is 2.69. The van der Waals surface area contributed by atoms with Gasteiger partial charge in [-0.15, -0.1) is 13.2 Å². The third-order valence-electron chi connectivity index (χ3n) is 1.97. The number of hydrogen-bond acceptors (Lipinski definition) is 4. The van der Waals surface area contributed by atoms with Crippen LogP contribution in [0.5, 0.6) is 5.75 Å². The fourth-order valence-corrected chi connectivity index (χ4v) is 1.86. The molecule has 0 aliphatic rings. The fourth-order valence-electron chi connectivity index (χ4n) is 1.38. The maximum atomic E-state index is 12.2. The van der Waals surface area contributed by atoms with Crippen molar-refractivity contribution in [2.24, 2.45) is 0 Å². The summed E-state index contributed by atoms with van der Waals surface area (Å²) in [5.41, 5.74) is 0.614. The van der Waals surface area contributed by atoms with Crippen molar-refractivity contribution in [3.63, 3.8) is 0 Å². The van der Waals surface area contributed by atoms with Gasteiger partial charge in [0.2, 0.25) is 0 Å². The summed E-state index contributed by atoms with van der Waals surface area (Å²) in [5.74, 6) is -0.580. The Morgan fingerprint density at radius 2 is 2.12 bits per heavy atom. The second-order valence-corrected chi connectivity index (χ2v) is 4.02. The minimum absolute atomic E-state index is 0.0580. The number of hydrogen-bond donors (Lipinski definition) is 1. The second-order valence-electron chi connectivity index (χ2n) is 3.23. The van der Waals surface area contributed by atoms with Gasteiger partial charge in [0.05, 0.1) is 5.02 Å². The summed E-state index contributed by atoms with van der Waals surface area (Å²) < 4.78 is 45.5. The molecule has 0 saturated carbocycles. The summed E-state index contributed by atoms with van der Waals surface area (Å²) in [5, 5.41) is -0.244. The van der Waals surface area contributed by atoms with E-state index in [1.54, 1.807) is 7.85 Å². The van der Waals surface area contributed by atoms with Gasteiger partial charge in [-0.1, -0.05) is 24.2 Å². The van der Waals surface area contributed by atoms with Gasteiger partial charge in [-0.2, -0.15) is 4.98 Å². The van der Waals surface area contributed by atoms with Crippen LogP contribution in [0.3, 0.4) is 0 Å². The number of benzene rings is 1. The average Bonchev–Trinajstić information content (AvgIpc) is 2.53. The van der Waals surface area contributed by atoms with Gasteiger partial charge in [0, 0.05) is 0 Å². The Morgan fingerprint density at radius 3 is 2.71 bits per heavy atom. The van der Waals surface area contributed by atoms with E-state index in [2.05, 4.69) is 22.3 Å². The third-order valence-corrected chi connectivity index (χ3v) is 2.44. The number of thiol groups is 1. The summed E-state index contributed by atoms with van der Waals surface area (Å²) in [6.07, 6.45) is -4.85. The lowest BCUT2D eigenvalue weighted by molar-refractivity contribution is -0.274. The number of aromatic nitrogens is 1. The van der Waals surface area contributed by atoms with Crippen LogP contribution in [-0.2, 0) is 0 Å². The number of halogens is 4. The van der Waals surface area contributed by atoms with Gasteiger partial charge in [0.15, 0.2) is 16.8 Å². The Hall–Kier alpha value is -1.02. The van der Waals surface area contributed by atoms with Crippen LogP contribution in [0.2, 0.25) is 5.02 Å². The zero-order chi connectivity index (χ0) is 12.8. The molecule has 0 bridgehead atoms. The van der Waals surface area contributed by atoms with E-state index in [0.29, 0.717) is 5.46 Å². The molecule has 0 fully saturated rings. The van der Waals surface area contributed by atoms with Crippen molar-refractivity contribution in [1.29, 1.82) is 0 Å². The molecule has 90 valence electrons. The first-order valence-electron chi connectivity index (χ1n) is 4.32. The van der Waals surface area contributed by atoms with Crippen LogP contribution >= 0.6 is 24.2 Å². The lowest BCUT2D eigenvalue weighted by Crippen LogP contribution is -2.18. The molecule has 0 aliphatic carbocycles. The topological polar surface area (TPSA) is 35.3 Å². The summed E-state index contributed by atoms with van der Waals surface area (Å²) in [6.45, 7) is 0. The molecule has 0 spiro atoms. The van der Waals surface area contributed by atoms with Crippen LogP contribution in [0.4, 0.5) is 13.2 Å². The highest BCUT2D eigenvalue weighted by Crippen LogP contribution is 2.36. The molecule has 0 amide bonds. The maximum Gasteiger partial charge on any atom is 0.573 e. The van der Waals surface area contributed by atoms with Crippen molar-refractivity contribution in [1.82, 2.24) is 4.98 Å². The van der Waals surface area contributed by atoms with E-state index >= 15 is 0 Å². The largest absolute Gasteiger partial charge is 0.573 e. The van der Waals surface area contributed by atoms with E-state index in [9.17, 15) is 13.2 Å². The zero-order valence-corrected chi connectivity index (χ0v) is 9.95. The minimum atomic E-state index is -4.85. The average molecular weight is 281 g/mol. The summed E-state index contributed by atoms with van der Waals surface area (Å²) >= 11 is 9.52. The normalized spacial score (nSPS) is 12.1. The standard InChI is InChI=1S/C8H4BClF3NO2S/c9-2-1-3(10)6(16-8(11,12)13)4-5(2)15-7(17)14-4/h1H,9H2,(H,14,17). The molecule has 0 N–H and O–H groups in total. The van der Waals surface area contributed by atoms with Crippen LogP contribution in [-0.4, -0.2) is 19.2 Å². The molecule has 3 nitrogen and oxygen atoms in total. The van der Waals surface area contributed by atoms with E-state index in [4.69, 9.17) is 16.0 Å². The molecule has 9 heteroatoms. The van der Waals surface area contributed by atoms with Crippen molar-refractivity contribution in [3.8, 4) is 5.75 Å². The van der Waals surface area contributed by atoms with Gasteiger partial charge in [0.1, 0.15) is 7.85 Å². The van der Waals surface area contributed by atoms with Crippen LogP contribution in [0.1, 0.15) is 0 Å². The maximum absolute atomic E-state index is 12.2. The number of ether oxygens (including phenoxy) is 1. The number of fused-ring (bicyclic) bond motifs is 1. The molecule has 0 atom stereocenters. The van der Waals surface area contributed by atoms with E-state index in [0.717, 1.165) is 0 Å². The monoisotopic (exact) mass is 281 g/mol. The van der Waals surface area contributed by atoms with Gasteiger partial charge in [-0.25, -0.2) is 0 Å². The number of oxazole rings is 1. The van der Waals surface area contributed by atoms with E-state index in [-0.39, 0.29) is 21.3 Å². The molecule has 2 rings (SSSR count). The Labute approximate surface area is 105 Å².